The van der Waals surface area contributed by atoms with Gasteiger partial charge in [-0.1, -0.05) is 110 Å². The van der Waals surface area contributed by atoms with E-state index in [1.165, 1.54) is 64.2 Å². The van der Waals surface area contributed by atoms with Crippen LogP contribution in [0.2, 0.25) is 0 Å². The Balaban J connectivity index is 3.86. The minimum Gasteiger partial charge on any atom is -0.468 e. The summed E-state index contributed by atoms with van der Waals surface area (Å²) in [6, 6.07) is 0. The fourth-order valence-corrected chi connectivity index (χ4v) is 5.55. The summed E-state index contributed by atoms with van der Waals surface area (Å²) >= 11 is 1.61. The summed E-state index contributed by atoms with van der Waals surface area (Å²) in [6.07, 6.45) is 22.0. The Bertz CT molecular complexity index is 587. The molecule has 0 heterocycles. The van der Waals surface area contributed by atoms with Crippen molar-refractivity contribution in [2.75, 3.05) is 24.7 Å². The van der Waals surface area contributed by atoms with E-state index in [1.807, 2.05) is 0 Å². The summed E-state index contributed by atoms with van der Waals surface area (Å²) in [5.74, 6) is 1.01. The van der Waals surface area contributed by atoms with E-state index in [1.54, 1.807) is 11.8 Å². The van der Waals surface area contributed by atoms with Crippen LogP contribution in [0.4, 0.5) is 0 Å². The molecule has 0 amide bonds. The van der Waals surface area contributed by atoms with Gasteiger partial charge in [-0.15, -0.1) is 0 Å². The number of rotatable bonds is 30. The van der Waals surface area contributed by atoms with Gasteiger partial charge in [0.05, 0.1) is 13.2 Å². The Morgan fingerprint density at radius 2 is 1.29 bits per heavy atom. The molecule has 0 rings (SSSR count). The van der Waals surface area contributed by atoms with E-state index in [2.05, 4.69) is 16.2 Å². The molecule has 1 atom stereocenters. The Hall–Kier alpha value is -0.600. The molecule has 0 aromatic carbocycles. The van der Waals surface area contributed by atoms with Gasteiger partial charge >= 0.3 is 13.8 Å². The third-order valence-electron chi connectivity index (χ3n) is 6.38. The van der Waals surface area contributed by atoms with Gasteiger partial charge in [0.2, 0.25) is 0 Å². The van der Waals surface area contributed by atoms with E-state index in [0.717, 1.165) is 63.5 Å². The van der Waals surface area contributed by atoms with Gasteiger partial charge in [0.25, 0.3) is 6.47 Å². The average molecular weight is 583 g/mol. The molecular formula is C28H55O8PS. The van der Waals surface area contributed by atoms with Crippen LogP contribution in [0.15, 0.2) is 0 Å². The highest BCUT2D eigenvalue weighted by Crippen LogP contribution is 2.36. The fourth-order valence-electron chi connectivity index (χ4n) is 4.19. The molecule has 0 saturated carbocycles. The summed E-state index contributed by atoms with van der Waals surface area (Å²) in [5, 5.41) is 0. The van der Waals surface area contributed by atoms with Crippen molar-refractivity contribution in [3.05, 3.63) is 0 Å². The maximum absolute atomic E-state index is 12.3. The molecule has 8 nitrogen and oxygen atoms in total. The van der Waals surface area contributed by atoms with Gasteiger partial charge in [0, 0.05) is 12.2 Å². The lowest BCUT2D eigenvalue weighted by Gasteiger charge is -2.18. The molecule has 0 radical (unpaired) electrons. The maximum Gasteiger partial charge on any atom is 0.469 e. The number of ether oxygens (including phenoxy) is 2. The standard InChI is InChI=1S/C28H55O8PS/c1-2-3-4-5-6-7-8-9-10-11-12-15-18-21-28(30)36-27(24-35-37(31,32)33)25-38-23-20-17-14-13-16-19-22-34-26-29/h26-27H,2-25H2,1H3,(H2,31,32,33)/t27-/m1/s1. The van der Waals surface area contributed by atoms with Crippen molar-refractivity contribution in [2.24, 2.45) is 0 Å². The predicted octanol–water partition coefficient (Wildman–Crippen LogP) is 7.74. The number of carbonyl (C=O) groups is 2. The van der Waals surface area contributed by atoms with E-state index < -0.39 is 13.9 Å². The molecule has 0 aromatic heterocycles. The van der Waals surface area contributed by atoms with E-state index in [0.29, 0.717) is 25.3 Å². The Kier molecular flexibility index (Phi) is 27.5. The molecule has 2 N–H and O–H groups in total. The number of hydrogen-bond acceptors (Lipinski definition) is 7. The molecule has 0 aliphatic carbocycles. The Morgan fingerprint density at radius 3 is 1.82 bits per heavy atom. The molecule has 0 unspecified atom stereocenters. The molecular weight excluding hydrogens is 527 g/mol. The molecule has 0 spiro atoms. The first-order valence-electron chi connectivity index (χ1n) is 14.9. The normalized spacial score (nSPS) is 12.4. The average Bonchev–Trinajstić information content (AvgIpc) is 2.88. The van der Waals surface area contributed by atoms with Crippen molar-refractivity contribution in [1.82, 2.24) is 0 Å². The number of esters is 1. The number of unbranched alkanes of at least 4 members (excludes halogenated alkanes) is 17. The molecule has 0 aliphatic rings. The summed E-state index contributed by atoms with van der Waals surface area (Å²) in [4.78, 5) is 40.4. The second-order valence-corrected chi connectivity index (χ2v) is 12.4. The van der Waals surface area contributed by atoms with Crippen LogP contribution in [0.3, 0.4) is 0 Å². The van der Waals surface area contributed by atoms with Crippen LogP contribution in [0, 0.1) is 0 Å². The Labute approximate surface area is 236 Å². The summed E-state index contributed by atoms with van der Waals surface area (Å²) in [7, 11) is -4.61. The molecule has 0 saturated heterocycles. The second kappa shape index (κ2) is 27.9. The number of phosphoric acid groups is 1. The monoisotopic (exact) mass is 582 g/mol. The first-order chi connectivity index (χ1) is 18.4. The molecule has 0 bridgehead atoms. The van der Waals surface area contributed by atoms with Crippen molar-refractivity contribution in [1.29, 1.82) is 0 Å². The lowest BCUT2D eigenvalue weighted by molar-refractivity contribution is -0.149. The van der Waals surface area contributed by atoms with Crippen molar-refractivity contribution in [3.8, 4) is 0 Å². The largest absolute Gasteiger partial charge is 0.469 e. The van der Waals surface area contributed by atoms with E-state index in [4.69, 9.17) is 14.5 Å². The van der Waals surface area contributed by atoms with Gasteiger partial charge in [-0.05, 0) is 25.0 Å². The van der Waals surface area contributed by atoms with Gasteiger partial charge in [-0.25, -0.2) is 4.57 Å². The fraction of sp³-hybridized carbons (Fsp3) is 0.929. The highest BCUT2D eigenvalue weighted by atomic mass is 32.2. The number of phosphoric ester groups is 1. The highest BCUT2D eigenvalue weighted by Gasteiger charge is 2.21. The SMILES string of the molecule is CCCCCCCCCCCCCCCC(=O)O[C@H](COP(=O)(O)O)CSCCCCCCCCOC=O. The smallest absolute Gasteiger partial charge is 0.468 e. The zero-order valence-corrected chi connectivity index (χ0v) is 25.5. The van der Waals surface area contributed by atoms with E-state index >= 15 is 0 Å². The zero-order valence-electron chi connectivity index (χ0n) is 23.8. The molecule has 10 heteroatoms. The lowest BCUT2D eigenvalue weighted by Crippen LogP contribution is -2.25. The van der Waals surface area contributed by atoms with Crippen molar-refractivity contribution < 1.29 is 37.9 Å². The van der Waals surface area contributed by atoms with Gasteiger partial charge in [0.15, 0.2) is 0 Å². The zero-order chi connectivity index (χ0) is 28.2. The van der Waals surface area contributed by atoms with Gasteiger partial charge in [-0.3, -0.25) is 14.1 Å². The van der Waals surface area contributed by atoms with Crippen molar-refractivity contribution >= 4 is 32.0 Å². The van der Waals surface area contributed by atoms with Gasteiger partial charge in [-0.2, -0.15) is 11.8 Å². The van der Waals surface area contributed by atoms with Gasteiger partial charge < -0.3 is 19.3 Å². The minimum atomic E-state index is -4.61. The van der Waals surface area contributed by atoms with Crippen molar-refractivity contribution in [2.45, 2.75) is 141 Å². The van der Waals surface area contributed by atoms with Crippen LogP contribution in [-0.4, -0.2) is 53.1 Å². The summed E-state index contributed by atoms with van der Waals surface area (Å²) < 4.78 is 25.8. The number of carbonyl (C=O) groups excluding carboxylic acids is 2. The van der Waals surface area contributed by atoms with Crippen LogP contribution < -0.4 is 0 Å². The lowest BCUT2D eigenvalue weighted by atomic mass is 10.0. The van der Waals surface area contributed by atoms with E-state index in [9.17, 15) is 14.2 Å². The molecule has 0 aromatic rings. The Morgan fingerprint density at radius 1 is 0.789 bits per heavy atom. The van der Waals surface area contributed by atoms with Crippen LogP contribution in [0.1, 0.15) is 135 Å². The van der Waals surface area contributed by atoms with Crippen LogP contribution in [-0.2, 0) is 28.2 Å². The second-order valence-electron chi connectivity index (χ2n) is 10.1. The highest BCUT2D eigenvalue weighted by molar-refractivity contribution is 7.99. The number of thioether (sulfide) groups is 1. The first kappa shape index (κ1) is 37.4. The molecule has 38 heavy (non-hydrogen) atoms. The number of hydrogen-bond donors (Lipinski definition) is 2. The van der Waals surface area contributed by atoms with Crippen LogP contribution in [0.25, 0.3) is 0 Å². The minimum absolute atomic E-state index is 0.301. The molecule has 0 aliphatic heterocycles. The third-order valence-corrected chi connectivity index (χ3v) is 8.05. The van der Waals surface area contributed by atoms with Crippen LogP contribution >= 0.6 is 19.6 Å². The van der Waals surface area contributed by atoms with Crippen molar-refractivity contribution in [3.63, 3.8) is 0 Å². The molecule has 0 fully saturated rings. The van der Waals surface area contributed by atoms with Crippen LogP contribution in [0.5, 0.6) is 0 Å². The quantitative estimate of drug-likeness (QED) is 0.0379. The summed E-state index contributed by atoms with van der Waals surface area (Å²) in [5.41, 5.74) is 0. The third kappa shape index (κ3) is 29.9. The summed E-state index contributed by atoms with van der Waals surface area (Å²) in [6.45, 7) is 2.91. The predicted molar refractivity (Wildman–Crippen MR) is 155 cm³/mol. The molecule has 226 valence electrons. The van der Waals surface area contributed by atoms with Gasteiger partial charge in [0.1, 0.15) is 6.10 Å². The maximum atomic E-state index is 12.3. The topological polar surface area (TPSA) is 119 Å². The first-order valence-corrected chi connectivity index (χ1v) is 17.6. The van der Waals surface area contributed by atoms with E-state index in [-0.39, 0.29) is 12.6 Å².